The number of anilines is 1. The van der Waals surface area contributed by atoms with E-state index in [-0.39, 0.29) is 10.7 Å². The van der Waals surface area contributed by atoms with Gasteiger partial charge in [-0.3, -0.25) is 9.89 Å². The number of hydrogen-bond acceptors (Lipinski definition) is 6. The van der Waals surface area contributed by atoms with Crippen molar-refractivity contribution in [1.29, 1.82) is 0 Å². The fourth-order valence-electron chi connectivity index (χ4n) is 3.76. The summed E-state index contributed by atoms with van der Waals surface area (Å²) in [5.74, 6) is 0.316. The topological polar surface area (TPSA) is 91.9 Å². The first-order chi connectivity index (χ1) is 15.3. The first-order valence-corrected chi connectivity index (χ1v) is 10.3. The molecule has 11 heteroatoms. The molecule has 3 aromatic heterocycles. The molecule has 0 saturated heterocycles. The first kappa shape index (κ1) is 20.3. The van der Waals surface area contributed by atoms with Crippen molar-refractivity contribution in [2.75, 3.05) is 12.4 Å². The van der Waals surface area contributed by atoms with Crippen molar-refractivity contribution < 1.29 is 22.7 Å². The maximum Gasteiger partial charge on any atom is 0.433 e. The molecule has 5 rings (SSSR count). The van der Waals surface area contributed by atoms with Gasteiger partial charge in [-0.25, -0.2) is 4.98 Å². The van der Waals surface area contributed by atoms with E-state index in [0.717, 1.165) is 23.0 Å². The number of alkyl halides is 3. The predicted octanol–water partition coefficient (Wildman–Crippen LogP) is 4.88. The molecule has 1 atom stereocenters. The Labute approximate surface area is 183 Å². The second-order valence-corrected chi connectivity index (χ2v) is 8.29. The highest BCUT2D eigenvalue weighted by atomic mass is 32.1. The summed E-state index contributed by atoms with van der Waals surface area (Å²) in [6, 6.07) is 8.34. The zero-order valence-electron chi connectivity index (χ0n) is 16.8. The second kappa shape index (κ2) is 7.23. The number of thiophene rings is 1. The van der Waals surface area contributed by atoms with Crippen molar-refractivity contribution in [2.24, 2.45) is 0 Å². The lowest BCUT2D eigenvalue weighted by atomic mass is 10.0. The summed E-state index contributed by atoms with van der Waals surface area (Å²) >= 11 is 0.933. The summed E-state index contributed by atoms with van der Waals surface area (Å²) in [6.45, 7) is 1.58. The Balaban J connectivity index is 1.56. The van der Waals surface area contributed by atoms with Gasteiger partial charge in [0.25, 0.3) is 5.91 Å². The maximum absolute atomic E-state index is 13.2. The molecule has 1 aliphatic heterocycles. The molecule has 0 spiro atoms. The predicted molar refractivity (Wildman–Crippen MR) is 114 cm³/mol. The summed E-state index contributed by atoms with van der Waals surface area (Å²) in [5.41, 5.74) is 2.11. The standard InChI is InChI=1S/C21H16F3N5O2S/c1-9-7-13(21(22,23)24)26-20-14(9)16-17(32-20)19(30)28-18(27-16)12-8-25-29-15(12)10-3-5-11(31-2)6-4-10/h3-8,18,27H,1-2H3,(H,25,29)(H,28,30)/t18-/m1/s1. The number of H-pyrrole nitrogens is 1. The van der Waals surface area contributed by atoms with Crippen molar-refractivity contribution in [2.45, 2.75) is 19.3 Å². The fourth-order valence-corrected chi connectivity index (χ4v) is 4.88. The van der Waals surface area contributed by atoms with Gasteiger partial charge in [-0.1, -0.05) is 0 Å². The minimum atomic E-state index is -4.56. The lowest BCUT2D eigenvalue weighted by Gasteiger charge is -2.26. The van der Waals surface area contributed by atoms with Gasteiger partial charge in [0.2, 0.25) is 0 Å². The Morgan fingerprint density at radius 2 is 1.91 bits per heavy atom. The number of aromatic nitrogens is 3. The molecule has 3 N–H and O–H groups in total. The Hall–Kier alpha value is -3.60. The molecule has 0 saturated carbocycles. The van der Waals surface area contributed by atoms with Crippen molar-refractivity contribution in [1.82, 2.24) is 20.5 Å². The minimum Gasteiger partial charge on any atom is -0.497 e. The van der Waals surface area contributed by atoms with Crippen molar-refractivity contribution in [3.05, 3.63) is 58.2 Å². The van der Waals surface area contributed by atoms with E-state index in [9.17, 15) is 18.0 Å². The molecule has 7 nitrogen and oxygen atoms in total. The van der Waals surface area contributed by atoms with Crippen LogP contribution in [0.3, 0.4) is 0 Å². The zero-order valence-corrected chi connectivity index (χ0v) is 17.6. The van der Waals surface area contributed by atoms with Gasteiger partial charge in [-0.2, -0.15) is 18.3 Å². The summed E-state index contributed by atoms with van der Waals surface area (Å²) < 4.78 is 44.7. The summed E-state index contributed by atoms with van der Waals surface area (Å²) in [6.07, 6.45) is -3.60. The molecular weight excluding hydrogens is 443 g/mol. The highest BCUT2D eigenvalue weighted by Crippen LogP contribution is 2.43. The molecule has 0 fully saturated rings. The normalized spacial score (nSPS) is 15.9. The number of carbonyl (C=O) groups is 1. The number of nitrogens with one attached hydrogen (secondary N) is 3. The summed E-state index contributed by atoms with van der Waals surface area (Å²) in [5, 5.41) is 13.7. The Morgan fingerprint density at radius 3 is 2.59 bits per heavy atom. The van der Waals surface area contributed by atoms with Crippen LogP contribution in [-0.2, 0) is 6.18 Å². The number of nitrogens with zero attached hydrogens (tertiary/aromatic N) is 2. The van der Waals surface area contributed by atoms with Gasteiger partial charge in [0.15, 0.2) is 0 Å². The molecule has 4 heterocycles. The van der Waals surface area contributed by atoms with Gasteiger partial charge in [-0.05, 0) is 42.8 Å². The van der Waals surface area contributed by atoms with E-state index in [1.807, 2.05) is 24.3 Å². The summed E-state index contributed by atoms with van der Waals surface area (Å²) in [4.78, 5) is 17.1. The minimum absolute atomic E-state index is 0.160. The average molecular weight is 459 g/mol. The number of halogens is 3. The van der Waals surface area contributed by atoms with Crippen LogP contribution in [0.15, 0.2) is 36.5 Å². The lowest BCUT2D eigenvalue weighted by Crippen LogP contribution is -2.37. The van der Waals surface area contributed by atoms with Crippen molar-refractivity contribution >= 4 is 33.1 Å². The number of aryl methyl sites for hydroxylation is 1. The first-order valence-electron chi connectivity index (χ1n) is 9.52. The highest BCUT2D eigenvalue weighted by molar-refractivity contribution is 7.21. The van der Waals surface area contributed by atoms with Crippen LogP contribution < -0.4 is 15.4 Å². The maximum atomic E-state index is 13.2. The van der Waals surface area contributed by atoms with Crippen molar-refractivity contribution in [3.8, 4) is 17.0 Å². The number of amides is 1. The van der Waals surface area contributed by atoms with Crippen molar-refractivity contribution in [3.63, 3.8) is 0 Å². The van der Waals surface area contributed by atoms with E-state index in [1.54, 1.807) is 20.2 Å². The number of hydrogen-bond donors (Lipinski definition) is 3. The van der Waals surface area contributed by atoms with Crippen LogP contribution in [0.1, 0.15) is 32.7 Å². The molecule has 1 amide bonds. The number of fused-ring (bicyclic) bond motifs is 3. The van der Waals surface area contributed by atoms with Gasteiger partial charge in [0, 0.05) is 16.5 Å². The monoisotopic (exact) mass is 459 g/mol. The van der Waals surface area contributed by atoms with Crippen LogP contribution in [0.4, 0.5) is 18.9 Å². The molecule has 0 aliphatic carbocycles. The molecule has 0 bridgehead atoms. The number of carbonyl (C=O) groups excluding carboxylic acids is 1. The zero-order chi connectivity index (χ0) is 22.6. The quantitative estimate of drug-likeness (QED) is 0.406. The number of aromatic amines is 1. The third kappa shape index (κ3) is 3.25. The summed E-state index contributed by atoms with van der Waals surface area (Å²) in [7, 11) is 1.58. The van der Waals surface area contributed by atoms with E-state index in [4.69, 9.17) is 4.74 Å². The van der Waals surface area contributed by atoms with Crippen LogP contribution in [0, 0.1) is 6.92 Å². The smallest absolute Gasteiger partial charge is 0.433 e. The number of ether oxygens (including phenoxy) is 1. The van der Waals surface area contributed by atoms with E-state index in [1.165, 1.54) is 0 Å². The Morgan fingerprint density at radius 1 is 1.16 bits per heavy atom. The molecule has 4 aromatic rings. The van der Waals surface area contributed by atoms with Gasteiger partial charge >= 0.3 is 6.18 Å². The number of pyridine rings is 1. The van der Waals surface area contributed by atoms with E-state index < -0.39 is 18.0 Å². The molecule has 32 heavy (non-hydrogen) atoms. The molecule has 0 radical (unpaired) electrons. The molecule has 1 aliphatic rings. The average Bonchev–Trinajstić information content (AvgIpc) is 3.38. The SMILES string of the molecule is COc1ccc(-c2[nH]ncc2[C@H]2NC(=O)c3sc4nc(C(F)(F)F)cc(C)c4c3N2)cc1. The van der Waals surface area contributed by atoms with Gasteiger partial charge in [-0.15, -0.1) is 11.3 Å². The van der Waals surface area contributed by atoms with E-state index in [0.29, 0.717) is 38.5 Å². The molecular formula is C21H16F3N5O2S. The number of benzene rings is 1. The largest absolute Gasteiger partial charge is 0.497 e. The van der Waals surface area contributed by atoms with Gasteiger partial charge < -0.3 is 15.4 Å². The lowest BCUT2D eigenvalue weighted by molar-refractivity contribution is -0.141. The van der Waals surface area contributed by atoms with Crippen LogP contribution in [0.2, 0.25) is 0 Å². The third-order valence-electron chi connectivity index (χ3n) is 5.28. The van der Waals surface area contributed by atoms with E-state index in [2.05, 4.69) is 25.8 Å². The van der Waals surface area contributed by atoms with Crippen LogP contribution >= 0.6 is 11.3 Å². The third-order valence-corrected chi connectivity index (χ3v) is 6.36. The number of methoxy groups -OCH3 is 1. The van der Waals surface area contributed by atoms with E-state index >= 15 is 0 Å². The second-order valence-electron chi connectivity index (χ2n) is 7.29. The Kier molecular flexibility index (Phi) is 4.59. The van der Waals surface area contributed by atoms with Gasteiger partial charge in [0.1, 0.15) is 27.3 Å². The molecule has 1 aromatic carbocycles. The highest BCUT2D eigenvalue weighted by Gasteiger charge is 2.36. The van der Waals surface area contributed by atoms with Crippen LogP contribution in [-0.4, -0.2) is 28.2 Å². The van der Waals surface area contributed by atoms with Crippen LogP contribution in [0.5, 0.6) is 5.75 Å². The molecule has 164 valence electrons. The fraction of sp³-hybridized carbons (Fsp3) is 0.190. The molecule has 0 unspecified atom stereocenters. The Bertz CT molecular complexity index is 1340. The number of rotatable bonds is 3. The van der Waals surface area contributed by atoms with Gasteiger partial charge in [0.05, 0.1) is 24.7 Å². The van der Waals surface area contributed by atoms with Crippen LogP contribution in [0.25, 0.3) is 21.5 Å².